The van der Waals surface area contributed by atoms with Gasteiger partial charge in [0.2, 0.25) is 11.8 Å². The lowest BCUT2D eigenvalue weighted by Gasteiger charge is -2.33. The van der Waals surface area contributed by atoms with Gasteiger partial charge in [0.05, 0.1) is 18.4 Å². The summed E-state index contributed by atoms with van der Waals surface area (Å²) in [7, 11) is 0. The molecule has 1 aliphatic carbocycles. The first kappa shape index (κ1) is 25.0. The average Bonchev–Trinajstić information content (AvgIpc) is 3.06. The number of hydrogen-bond donors (Lipinski definition) is 2. The molecule has 2 aliphatic rings. The number of hydrogen-bond acceptors (Lipinski definition) is 5. The van der Waals surface area contributed by atoms with Gasteiger partial charge in [-0.15, -0.1) is 0 Å². The number of nitrogens with one attached hydrogen (secondary N) is 1. The van der Waals surface area contributed by atoms with Crippen molar-refractivity contribution in [3.63, 3.8) is 0 Å². The van der Waals surface area contributed by atoms with Crippen LogP contribution in [0.4, 0.5) is 5.69 Å². The summed E-state index contributed by atoms with van der Waals surface area (Å²) < 4.78 is 5.37. The van der Waals surface area contributed by atoms with Gasteiger partial charge < -0.3 is 20.1 Å². The van der Waals surface area contributed by atoms with Crippen molar-refractivity contribution in [2.75, 3.05) is 25.1 Å². The fourth-order valence-electron chi connectivity index (χ4n) is 5.36. The summed E-state index contributed by atoms with van der Waals surface area (Å²) >= 11 is 0. The number of aliphatic hydroxyl groups is 1. The highest BCUT2D eigenvalue weighted by Crippen LogP contribution is 2.46. The number of para-hydroxylation sites is 1. The van der Waals surface area contributed by atoms with Crippen LogP contribution in [0.25, 0.3) is 0 Å². The number of fused-ring (bicyclic) bond motifs is 1. The van der Waals surface area contributed by atoms with Crippen LogP contribution in [0.1, 0.15) is 44.2 Å². The van der Waals surface area contributed by atoms with E-state index in [0.29, 0.717) is 6.42 Å². The SMILES string of the molecule is CCC[C@@H]1C=C[C@H]2[C@@H](C(=O)N(CCCO)[C@@H]2C(=O)Nc2c(C)cccc2C)[C@@H]1C(=O)OCC. The molecular weight excluding hydrogens is 420 g/mol. The quantitative estimate of drug-likeness (QED) is 0.439. The van der Waals surface area contributed by atoms with Crippen molar-refractivity contribution < 1.29 is 24.2 Å². The van der Waals surface area contributed by atoms with Crippen LogP contribution in [0.5, 0.6) is 0 Å². The van der Waals surface area contributed by atoms with E-state index in [0.717, 1.165) is 29.7 Å². The molecule has 1 saturated heterocycles. The van der Waals surface area contributed by atoms with E-state index >= 15 is 0 Å². The molecule has 3 rings (SSSR count). The zero-order valence-corrected chi connectivity index (χ0v) is 20.0. The number of carbonyl (C=O) groups excluding carboxylic acids is 3. The summed E-state index contributed by atoms with van der Waals surface area (Å²) in [5.41, 5.74) is 2.63. The van der Waals surface area contributed by atoms with E-state index in [2.05, 4.69) is 5.32 Å². The number of anilines is 1. The number of allylic oxidation sites excluding steroid dienone is 1. The number of esters is 1. The Balaban J connectivity index is 1.99. The number of benzene rings is 1. The molecule has 7 nitrogen and oxygen atoms in total. The minimum Gasteiger partial charge on any atom is -0.466 e. The maximum Gasteiger partial charge on any atom is 0.310 e. The second kappa shape index (κ2) is 11.0. The minimum atomic E-state index is -0.746. The fraction of sp³-hybridized carbons (Fsp3) is 0.577. The number of carbonyl (C=O) groups is 3. The van der Waals surface area contributed by atoms with Gasteiger partial charge in [0.25, 0.3) is 0 Å². The number of aryl methyl sites for hydroxylation is 2. The Kier molecular flexibility index (Phi) is 8.30. The molecule has 1 aromatic rings. The lowest BCUT2D eigenvalue weighted by Crippen LogP contribution is -2.45. The van der Waals surface area contributed by atoms with Gasteiger partial charge in [-0.05, 0) is 50.7 Å². The highest BCUT2D eigenvalue weighted by molar-refractivity contribution is 6.02. The molecule has 1 fully saturated rings. The Labute approximate surface area is 196 Å². The van der Waals surface area contributed by atoms with Crippen molar-refractivity contribution in [3.05, 3.63) is 41.5 Å². The third-order valence-corrected chi connectivity index (χ3v) is 6.85. The second-order valence-electron chi connectivity index (χ2n) is 9.03. The molecule has 180 valence electrons. The first-order valence-corrected chi connectivity index (χ1v) is 12.0. The third kappa shape index (κ3) is 4.98. The number of ether oxygens (including phenoxy) is 1. The van der Waals surface area contributed by atoms with Crippen LogP contribution >= 0.6 is 0 Å². The molecule has 0 unspecified atom stereocenters. The highest BCUT2D eigenvalue weighted by Gasteiger charge is 2.57. The molecule has 33 heavy (non-hydrogen) atoms. The normalized spacial score (nSPS) is 26.3. The van der Waals surface area contributed by atoms with Crippen LogP contribution in [0, 0.1) is 37.5 Å². The van der Waals surface area contributed by atoms with Crippen LogP contribution in [0.3, 0.4) is 0 Å². The number of nitrogens with zero attached hydrogens (tertiary/aromatic N) is 1. The van der Waals surface area contributed by atoms with Crippen molar-refractivity contribution in [1.29, 1.82) is 0 Å². The van der Waals surface area contributed by atoms with E-state index in [1.54, 1.807) is 11.8 Å². The van der Waals surface area contributed by atoms with Crippen molar-refractivity contribution in [1.82, 2.24) is 4.90 Å². The largest absolute Gasteiger partial charge is 0.466 e. The van der Waals surface area contributed by atoms with Gasteiger partial charge in [-0.2, -0.15) is 0 Å². The molecule has 7 heteroatoms. The molecule has 2 N–H and O–H groups in total. The van der Waals surface area contributed by atoms with Gasteiger partial charge in [-0.3, -0.25) is 14.4 Å². The molecule has 0 spiro atoms. The zero-order valence-electron chi connectivity index (χ0n) is 20.0. The second-order valence-corrected chi connectivity index (χ2v) is 9.03. The summed E-state index contributed by atoms with van der Waals surface area (Å²) in [6, 6.07) is 5.05. The molecule has 0 aromatic heterocycles. The number of rotatable bonds is 9. The summed E-state index contributed by atoms with van der Waals surface area (Å²) in [6.07, 6.45) is 5.96. The number of aliphatic hydroxyl groups excluding tert-OH is 1. The van der Waals surface area contributed by atoms with Gasteiger partial charge in [-0.1, -0.05) is 43.7 Å². The monoisotopic (exact) mass is 456 g/mol. The van der Waals surface area contributed by atoms with Crippen molar-refractivity contribution in [2.45, 2.75) is 53.0 Å². The third-order valence-electron chi connectivity index (χ3n) is 6.85. The van der Waals surface area contributed by atoms with Crippen molar-refractivity contribution >= 4 is 23.5 Å². The van der Waals surface area contributed by atoms with Crippen LogP contribution in [-0.4, -0.2) is 53.6 Å². The van der Waals surface area contributed by atoms with Gasteiger partial charge in [0.15, 0.2) is 0 Å². The smallest absolute Gasteiger partial charge is 0.310 e. The molecule has 1 heterocycles. The maximum atomic E-state index is 13.6. The predicted molar refractivity (Wildman–Crippen MR) is 126 cm³/mol. The Bertz CT molecular complexity index is 892. The van der Waals surface area contributed by atoms with Crippen molar-refractivity contribution in [2.24, 2.45) is 23.7 Å². The number of amides is 2. The van der Waals surface area contributed by atoms with Crippen LogP contribution in [0.2, 0.25) is 0 Å². The molecule has 1 aromatic carbocycles. The first-order chi connectivity index (χ1) is 15.8. The Morgan fingerprint density at radius 3 is 2.45 bits per heavy atom. The van der Waals surface area contributed by atoms with Crippen LogP contribution in [-0.2, 0) is 19.1 Å². The van der Waals surface area contributed by atoms with Crippen LogP contribution in [0.15, 0.2) is 30.4 Å². The van der Waals surface area contributed by atoms with Gasteiger partial charge in [-0.25, -0.2) is 0 Å². The van der Waals surface area contributed by atoms with E-state index in [9.17, 15) is 19.5 Å². The highest BCUT2D eigenvalue weighted by atomic mass is 16.5. The minimum absolute atomic E-state index is 0.0834. The predicted octanol–water partition coefficient (Wildman–Crippen LogP) is 3.23. The Morgan fingerprint density at radius 2 is 1.85 bits per heavy atom. The lowest BCUT2D eigenvalue weighted by atomic mass is 9.69. The summed E-state index contributed by atoms with van der Waals surface area (Å²) in [5.74, 6) is -2.63. The van der Waals surface area contributed by atoms with E-state index in [-0.39, 0.29) is 43.5 Å². The maximum absolute atomic E-state index is 13.6. The van der Waals surface area contributed by atoms with E-state index in [1.165, 1.54) is 0 Å². The molecule has 1 aliphatic heterocycles. The average molecular weight is 457 g/mol. The Hall–Kier alpha value is -2.67. The van der Waals surface area contributed by atoms with E-state index in [1.807, 2.05) is 51.1 Å². The molecule has 0 bridgehead atoms. The summed E-state index contributed by atoms with van der Waals surface area (Å²) in [4.78, 5) is 41.8. The fourth-order valence-corrected chi connectivity index (χ4v) is 5.36. The molecule has 0 saturated carbocycles. The zero-order chi connectivity index (χ0) is 24.1. The van der Waals surface area contributed by atoms with Gasteiger partial charge in [0, 0.05) is 24.8 Å². The summed E-state index contributed by atoms with van der Waals surface area (Å²) in [6.45, 7) is 8.09. The first-order valence-electron chi connectivity index (χ1n) is 12.0. The number of likely N-dealkylation sites (tertiary alicyclic amines) is 1. The topological polar surface area (TPSA) is 95.9 Å². The van der Waals surface area contributed by atoms with Gasteiger partial charge >= 0.3 is 5.97 Å². The molecule has 5 atom stereocenters. The molecular formula is C26H36N2O5. The van der Waals surface area contributed by atoms with Crippen molar-refractivity contribution in [3.8, 4) is 0 Å². The van der Waals surface area contributed by atoms with Gasteiger partial charge in [0.1, 0.15) is 6.04 Å². The molecule has 2 amide bonds. The summed E-state index contributed by atoms with van der Waals surface area (Å²) in [5, 5.41) is 12.4. The van der Waals surface area contributed by atoms with E-state index in [4.69, 9.17) is 4.74 Å². The lowest BCUT2D eigenvalue weighted by molar-refractivity contribution is -0.155. The van der Waals surface area contributed by atoms with E-state index < -0.39 is 23.8 Å². The van der Waals surface area contributed by atoms with Crippen LogP contribution < -0.4 is 5.32 Å². The molecule has 0 radical (unpaired) electrons. The Morgan fingerprint density at radius 1 is 1.15 bits per heavy atom. The standard InChI is InChI=1S/C26H36N2O5/c1-5-9-18-12-13-19-21(20(18)26(32)33-6-2)25(31)28(14-8-15-29)23(19)24(30)27-22-16(3)10-7-11-17(22)4/h7,10-13,18-21,23,29H,5-6,8-9,14-15H2,1-4H3,(H,27,30)/t18-,19+,20-,21-,23+/m1/s1.